The van der Waals surface area contributed by atoms with E-state index < -0.39 is 15.3 Å². The Morgan fingerprint density at radius 1 is 1.47 bits per heavy atom. The van der Waals surface area contributed by atoms with Gasteiger partial charge in [0.25, 0.3) is 0 Å². The summed E-state index contributed by atoms with van der Waals surface area (Å²) in [5, 5.41) is 5.55. The van der Waals surface area contributed by atoms with Gasteiger partial charge in [0.1, 0.15) is 5.01 Å². The molecule has 0 saturated heterocycles. The number of thiazole rings is 1. The summed E-state index contributed by atoms with van der Waals surface area (Å²) in [5.74, 6) is 0. The summed E-state index contributed by atoms with van der Waals surface area (Å²) in [6.07, 6.45) is 2.32. The van der Waals surface area contributed by atoms with Gasteiger partial charge in [-0.15, -0.1) is 11.3 Å². The second-order valence-corrected chi connectivity index (χ2v) is 8.22. The first-order valence-electron chi connectivity index (χ1n) is 6.55. The lowest BCUT2D eigenvalue weighted by Crippen LogP contribution is -2.40. The first-order chi connectivity index (χ1) is 8.88. The summed E-state index contributed by atoms with van der Waals surface area (Å²) >= 11 is 1.48. The van der Waals surface area contributed by atoms with Crippen LogP contribution in [0, 0.1) is 6.92 Å². The minimum Gasteiger partial charge on any atom is -0.313 e. The van der Waals surface area contributed by atoms with E-state index in [0.29, 0.717) is 12.6 Å². The van der Waals surface area contributed by atoms with E-state index >= 15 is 0 Å². The SMILES string of the molecule is Cc1csc(C(C)NS(=O)(=O)C(C)CNC2CC2)n1. The minimum atomic E-state index is -3.31. The molecule has 1 saturated carbocycles. The van der Waals surface area contributed by atoms with Gasteiger partial charge in [-0.1, -0.05) is 0 Å². The van der Waals surface area contributed by atoms with Crippen molar-refractivity contribution >= 4 is 21.4 Å². The van der Waals surface area contributed by atoms with E-state index in [1.165, 1.54) is 11.3 Å². The second-order valence-electron chi connectivity index (χ2n) is 5.20. The third-order valence-corrected chi connectivity index (χ3v) is 6.20. The first-order valence-corrected chi connectivity index (χ1v) is 8.97. The number of sulfonamides is 1. The van der Waals surface area contributed by atoms with E-state index in [4.69, 9.17) is 0 Å². The van der Waals surface area contributed by atoms with Crippen LogP contribution in [0.25, 0.3) is 0 Å². The highest BCUT2D eigenvalue weighted by Gasteiger charge is 2.27. The maximum absolute atomic E-state index is 12.2. The van der Waals surface area contributed by atoms with E-state index in [1.807, 2.05) is 19.2 Å². The zero-order valence-corrected chi connectivity index (χ0v) is 13.1. The third-order valence-electron chi connectivity index (χ3n) is 3.15. The number of aromatic nitrogens is 1. The fourth-order valence-corrected chi connectivity index (χ4v) is 3.74. The molecule has 19 heavy (non-hydrogen) atoms. The van der Waals surface area contributed by atoms with Crippen LogP contribution in [0.3, 0.4) is 0 Å². The summed E-state index contributed by atoms with van der Waals surface area (Å²) in [6, 6.07) is 0.253. The smallest absolute Gasteiger partial charge is 0.216 e. The quantitative estimate of drug-likeness (QED) is 0.802. The van der Waals surface area contributed by atoms with Crippen molar-refractivity contribution in [2.45, 2.75) is 50.9 Å². The predicted molar refractivity (Wildman–Crippen MR) is 77.8 cm³/mol. The number of rotatable bonds is 7. The van der Waals surface area contributed by atoms with Gasteiger partial charge in [0.15, 0.2) is 0 Å². The number of nitrogens with zero attached hydrogens (tertiary/aromatic N) is 1. The fourth-order valence-electron chi connectivity index (χ4n) is 1.71. The van der Waals surface area contributed by atoms with Gasteiger partial charge >= 0.3 is 0 Å². The molecule has 1 aliphatic rings. The average molecular weight is 303 g/mol. The molecule has 2 rings (SSSR count). The van der Waals surface area contributed by atoms with E-state index in [0.717, 1.165) is 23.5 Å². The molecule has 0 amide bonds. The van der Waals surface area contributed by atoms with Gasteiger partial charge < -0.3 is 5.32 Å². The number of nitrogens with one attached hydrogen (secondary N) is 2. The van der Waals surface area contributed by atoms with Gasteiger partial charge in [-0.2, -0.15) is 0 Å². The van der Waals surface area contributed by atoms with Crippen molar-refractivity contribution in [3.63, 3.8) is 0 Å². The molecule has 0 radical (unpaired) electrons. The van der Waals surface area contributed by atoms with Gasteiger partial charge in [0.2, 0.25) is 10.0 Å². The van der Waals surface area contributed by atoms with Crippen molar-refractivity contribution in [3.05, 3.63) is 16.1 Å². The van der Waals surface area contributed by atoms with Crippen molar-refractivity contribution in [2.24, 2.45) is 0 Å². The van der Waals surface area contributed by atoms with Crippen LogP contribution in [0.15, 0.2) is 5.38 Å². The lowest BCUT2D eigenvalue weighted by Gasteiger charge is -2.17. The Bertz CT molecular complexity index is 523. The van der Waals surface area contributed by atoms with Crippen LogP contribution in [0.4, 0.5) is 0 Å². The maximum atomic E-state index is 12.2. The molecule has 1 aliphatic carbocycles. The maximum Gasteiger partial charge on any atom is 0.216 e. The molecule has 0 spiro atoms. The number of hydrogen-bond donors (Lipinski definition) is 2. The molecule has 7 heteroatoms. The molecule has 2 N–H and O–H groups in total. The van der Waals surface area contributed by atoms with Crippen molar-refractivity contribution in [1.29, 1.82) is 0 Å². The van der Waals surface area contributed by atoms with Crippen molar-refractivity contribution < 1.29 is 8.42 Å². The summed E-state index contributed by atoms with van der Waals surface area (Å²) in [5.41, 5.74) is 0.925. The standard InChI is InChI=1S/C12H21N3O2S2/c1-8-7-18-12(14-8)10(3)15-19(16,17)9(2)6-13-11-4-5-11/h7,9-11,13,15H,4-6H2,1-3H3. The lowest BCUT2D eigenvalue weighted by molar-refractivity contribution is 0.544. The largest absolute Gasteiger partial charge is 0.313 e. The van der Waals surface area contributed by atoms with Gasteiger partial charge in [-0.05, 0) is 33.6 Å². The van der Waals surface area contributed by atoms with Crippen LogP contribution < -0.4 is 10.0 Å². The van der Waals surface area contributed by atoms with Gasteiger partial charge in [-0.25, -0.2) is 18.1 Å². The fraction of sp³-hybridized carbons (Fsp3) is 0.750. The Balaban J connectivity index is 1.91. The van der Waals surface area contributed by atoms with Crippen LogP contribution >= 0.6 is 11.3 Å². The Morgan fingerprint density at radius 2 is 2.16 bits per heavy atom. The Kier molecular flexibility index (Phi) is 4.60. The molecule has 0 bridgehead atoms. The monoisotopic (exact) mass is 303 g/mol. The van der Waals surface area contributed by atoms with Crippen molar-refractivity contribution in [3.8, 4) is 0 Å². The zero-order valence-electron chi connectivity index (χ0n) is 11.5. The molecule has 108 valence electrons. The van der Waals surface area contributed by atoms with Crippen LogP contribution in [0.1, 0.15) is 43.4 Å². The molecule has 0 aliphatic heterocycles. The molecule has 1 heterocycles. The first kappa shape index (κ1) is 14.9. The van der Waals surface area contributed by atoms with Gasteiger partial charge in [0, 0.05) is 23.7 Å². The van der Waals surface area contributed by atoms with Crippen molar-refractivity contribution in [2.75, 3.05) is 6.54 Å². The lowest BCUT2D eigenvalue weighted by atomic mass is 10.4. The highest BCUT2D eigenvalue weighted by molar-refractivity contribution is 7.90. The molecule has 1 aromatic heterocycles. The normalized spacial score (nSPS) is 19.3. The average Bonchev–Trinajstić information content (AvgIpc) is 3.06. The topological polar surface area (TPSA) is 71.1 Å². The van der Waals surface area contributed by atoms with Crippen LogP contribution in [-0.4, -0.2) is 31.2 Å². The number of aryl methyl sites for hydroxylation is 1. The van der Waals surface area contributed by atoms with E-state index in [2.05, 4.69) is 15.0 Å². The summed E-state index contributed by atoms with van der Waals surface area (Å²) in [4.78, 5) is 4.31. The molecule has 2 unspecified atom stereocenters. The van der Waals surface area contributed by atoms with Crippen molar-refractivity contribution in [1.82, 2.24) is 15.0 Å². The molecule has 5 nitrogen and oxygen atoms in total. The summed E-state index contributed by atoms with van der Waals surface area (Å²) in [7, 11) is -3.31. The number of hydrogen-bond acceptors (Lipinski definition) is 5. The van der Waals surface area contributed by atoms with Crippen LogP contribution in [-0.2, 0) is 10.0 Å². The Morgan fingerprint density at radius 3 is 2.68 bits per heavy atom. The molecular formula is C12H21N3O2S2. The molecule has 0 aromatic carbocycles. The Labute approximate surface area is 118 Å². The van der Waals surface area contributed by atoms with E-state index in [1.54, 1.807) is 6.92 Å². The molecule has 1 fully saturated rings. The summed E-state index contributed by atoms with van der Waals surface area (Å²) in [6.45, 7) is 5.97. The highest BCUT2D eigenvalue weighted by Crippen LogP contribution is 2.20. The second kappa shape index (κ2) is 5.87. The zero-order chi connectivity index (χ0) is 14.0. The molecule has 2 atom stereocenters. The van der Waals surface area contributed by atoms with E-state index in [-0.39, 0.29) is 6.04 Å². The predicted octanol–water partition coefficient (Wildman–Crippen LogP) is 1.57. The summed E-state index contributed by atoms with van der Waals surface area (Å²) < 4.78 is 27.1. The van der Waals surface area contributed by atoms with Crippen LogP contribution in [0.5, 0.6) is 0 Å². The van der Waals surface area contributed by atoms with Crippen LogP contribution in [0.2, 0.25) is 0 Å². The van der Waals surface area contributed by atoms with Gasteiger partial charge in [0.05, 0.1) is 11.3 Å². The van der Waals surface area contributed by atoms with E-state index in [9.17, 15) is 8.42 Å². The highest BCUT2D eigenvalue weighted by atomic mass is 32.2. The molecule has 1 aromatic rings. The minimum absolute atomic E-state index is 0.271. The Hall–Kier alpha value is -0.500. The van der Waals surface area contributed by atoms with Gasteiger partial charge in [-0.3, -0.25) is 0 Å². The molecular weight excluding hydrogens is 282 g/mol. The third kappa shape index (κ3) is 4.24.